The smallest absolute Gasteiger partial charge is 0.111 e. The highest BCUT2D eigenvalue weighted by Crippen LogP contribution is 2.24. The van der Waals surface area contributed by atoms with Crippen LogP contribution in [-0.4, -0.2) is 36.0 Å². The zero-order chi connectivity index (χ0) is 17.5. The Morgan fingerprint density at radius 3 is 2.81 bits per heavy atom. The van der Waals surface area contributed by atoms with Crippen LogP contribution in [-0.2, 0) is 32.6 Å². The predicted octanol–water partition coefficient (Wildman–Crippen LogP) is 2.80. The minimum atomic E-state index is 0.918. The van der Waals surface area contributed by atoms with E-state index < -0.39 is 0 Å². The van der Waals surface area contributed by atoms with Gasteiger partial charge in [-0.05, 0) is 49.9 Å². The Kier molecular flexibility index (Phi) is 3.85. The number of pyridine rings is 1. The summed E-state index contributed by atoms with van der Waals surface area (Å²) in [5.41, 5.74) is 7.01. The summed E-state index contributed by atoms with van der Waals surface area (Å²) in [7, 11) is 0. The Labute approximate surface area is 153 Å². The number of rotatable bonds is 3. The fraction of sp³-hybridized carbons (Fsp3) is 0.450. The molecule has 0 atom stereocenters. The van der Waals surface area contributed by atoms with E-state index in [1.165, 1.54) is 41.9 Å². The molecule has 2 aliphatic heterocycles. The summed E-state index contributed by atoms with van der Waals surface area (Å²) < 4.78 is 4.34. The van der Waals surface area contributed by atoms with E-state index in [1.54, 1.807) is 0 Å². The first-order valence-corrected chi connectivity index (χ1v) is 9.53. The molecule has 134 valence electrons. The van der Waals surface area contributed by atoms with E-state index in [0.717, 1.165) is 44.1 Å². The fourth-order valence-electron chi connectivity index (χ4n) is 4.11. The molecule has 26 heavy (non-hydrogen) atoms. The van der Waals surface area contributed by atoms with Crippen LogP contribution >= 0.6 is 0 Å². The van der Waals surface area contributed by atoms with Gasteiger partial charge in [-0.15, -0.1) is 0 Å². The molecule has 6 heteroatoms. The van der Waals surface area contributed by atoms with Gasteiger partial charge in [0, 0.05) is 38.1 Å². The van der Waals surface area contributed by atoms with Crippen molar-refractivity contribution in [3.8, 4) is 11.4 Å². The highest BCUT2D eigenvalue weighted by atomic mass is 15.4. The zero-order valence-electron chi connectivity index (χ0n) is 15.2. The molecule has 0 fully saturated rings. The van der Waals surface area contributed by atoms with Gasteiger partial charge in [0.05, 0.1) is 23.6 Å². The van der Waals surface area contributed by atoms with Gasteiger partial charge < -0.3 is 0 Å². The van der Waals surface area contributed by atoms with Gasteiger partial charge in [-0.1, -0.05) is 6.07 Å². The monoisotopic (exact) mass is 348 g/mol. The van der Waals surface area contributed by atoms with Crippen molar-refractivity contribution in [1.29, 1.82) is 0 Å². The van der Waals surface area contributed by atoms with Crippen LogP contribution in [0.5, 0.6) is 0 Å². The molecule has 5 rings (SSSR count). The summed E-state index contributed by atoms with van der Waals surface area (Å²) >= 11 is 0. The first kappa shape index (κ1) is 15.8. The SMILES string of the molecule is Cc1cccnc1-c1cc2n(n1)CCN(Cc1cc3n(n1)CCCC3)C2. The third-order valence-electron chi connectivity index (χ3n) is 5.48. The second kappa shape index (κ2) is 6.36. The molecular formula is C20H24N6. The number of fused-ring (bicyclic) bond motifs is 2. The van der Waals surface area contributed by atoms with Gasteiger partial charge in [-0.3, -0.25) is 19.2 Å². The second-order valence-corrected chi connectivity index (χ2v) is 7.43. The van der Waals surface area contributed by atoms with Crippen molar-refractivity contribution in [2.75, 3.05) is 6.54 Å². The number of hydrogen-bond acceptors (Lipinski definition) is 4. The Morgan fingerprint density at radius 2 is 1.92 bits per heavy atom. The molecule has 0 saturated heterocycles. The molecular weight excluding hydrogens is 324 g/mol. The molecule has 0 aromatic carbocycles. The van der Waals surface area contributed by atoms with E-state index in [9.17, 15) is 0 Å². The van der Waals surface area contributed by atoms with Crippen LogP contribution in [0, 0.1) is 6.92 Å². The molecule has 0 saturated carbocycles. The van der Waals surface area contributed by atoms with Crippen LogP contribution in [0.15, 0.2) is 30.5 Å². The van der Waals surface area contributed by atoms with Crippen molar-refractivity contribution in [2.45, 2.75) is 52.4 Å². The van der Waals surface area contributed by atoms with Gasteiger partial charge in [0.15, 0.2) is 0 Å². The normalized spacial score (nSPS) is 17.1. The molecule has 0 bridgehead atoms. The maximum atomic E-state index is 4.81. The first-order valence-electron chi connectivity index (χ1n) is 9.53. The Bertz CT molecular complexity index is 914. The molecule has 3 aromatic rings. The summed E-state index contributed by atoms with van der Waals surface area (Å²) in [6.45, 7) is 6.94. The average Bonchev–Trinajstić information content (AvgIpc) is 3.24. The van der Waals surface area contributed by atoms with Crippen molar-refractivity contribution in [2.24, 2.45) is 0 Å². The summed E-state index contributed by atoms with van der Waals surface area (Å²) in [6, 6.07) is 8.56. The van der Waals surface area contributed by atoms with Crippen molar-refractivity contribution in [1.82, 2.24) is 29.4 Å². The fourth-order valence-corrected chi connectivity index (χ4v) is 4.11. The predicted molar refractivity (Wildman–Crippen MR) is 99.5 cm³/mol. The van der Waals surface area contributed by atoms with Crippen molar-refractivity contribution in [3.05, 3.63) is 53.1 Å². The Balaban J connectivity index is 1.34. The lowest BCUT2D eigenvalue weighted by molar-refractivity contribution is 0.202. The lowest BCUT2D eigenvalue weighted by Crippen LogP contribution is -2.33. The van der Waals surface area contributed by atoms with Gasteiger partial charge in [0.25, 0.3) is 0 Å². The van der Waals surface area contributed by atoms with Crippen molar-refractivity contribution < 1.29 is 0 Å². The van der Waals surface area contributed by atoms with Crippen LogP contribution in [0.2, 0.25) is 0 Å². The molecule has 0 radical (unpaired) electrons. The lowest BCUT2D eigenvalue weighted by atomic mass is 10.1. The topological polar surface area (TPSA) is 51.8 Å². The van der Waals surface area contributed by atoms with Gasteiger partial charge in [0.2, 0.25) is 0 Å². The molecule has 0 amide bonds. The second-order valence-electron chi connectivity index (χ2n) is 7.43. The minimum absolute atomic E-state index is 0.918. The van der Waals surface area contributed by atoms with Gasteiger partial charge in [-0.25, -0.2) is 0 Å². The van der Waals surface area contributed by atoms with E-state index in [4.69, 9.17) is 10.2 Å². The summed E-state index contributed by atoms with van der Waals surface area (Å²) in [5, 5.41) is 9.59. The van der Waals surface area contributed by atoms with E-state index in [2.05, 4.69) is 44.4 Å². The third kappa shape index (κ3) is 2.84. The summed E-state index contributed by atoms with van der Waals surface area (Å²) in [6.07, 6.45) is 5.57. The van der Waals surface area contributed by atoms with Crippen molar-refractivity contribution >= 4 is 0 Å². The average molecular weight is 348 g/mol. The van der Waals surface area contributed by atoms with Crippen LogP contribution in [0.4, 0.5) is 0 Å². The van der Waals surface area contributed by atoms with Crippen LogP contribution in [0.25, 0.3) is 11.4 Å². The third-order valence-corrected chi connectivity index (χ3v) is 5.48. The Morgan fingerprint density at radius 1 is 1.00 bits per heavy atom. The van der Waals surface area contributed by atoms with E-state index in [-0.39, 0.29) is 0 Å². The highest BCUT2D eigenvalue weighted by molar-refractivity contribution is 5.58. The molecule has 6 nitrogen and oxygen atoms in total. The quantitative estimate of drug-likeness (QED) is 0.730. The van der Waals surface area contributed by atoms with E-state index in [0.29, 0.717) is 0 Å². The largest absolute Gasteiger partial charge is 0.290 e. The molecule has 2 aliphatic rings. The van der Waals surface area contributed by atoms with Gasteiger partial charge in [0.1, 0.15) is 5.69 Å². The number of hydrogen-bond donors (Lipinski definition) is 0. The number of aryl methyl sites for hydroxylation is 3. The minimum Gasteiger partial charge on any atom is -0.290 e. The van der Waals surface area contributed by atoms with Gasteiger partial charge >= 0.3 is 0 Å². The van der Waals surface area contributed by atoms with Crippen LogP contribution < -0.4 is 0 Å². The van der Waals surface area contributed by atoms with Crippen LogP contribution in [0.1, 0.15) is 35.5 Å². The molecule has 0 spiro atoms. The van der Waals surface area contributed by atoms with Gasteiger partial charge in [-0.2, -0.15) is 10.2 Å². The zero-order valence-corrected chi connectivity index (χ0v) is 15.2. The maximum Gasteiger partial charge on any atom is 0.111 e. The molecule has 0 unspecified atom stereocenters. The highest BCUT2D eigenvalue weighted by Gasteiger charge is 2.21. The Hall–Kier alpha value is -2.47. The van der Waals surface area contributed by atoms with E-state index >= 15 is 0 Å². The molecule has 3 aromatic heterocycles. The standard InChI is InChI=1S/C20H24N6/c1-15-5-4-7-21-20(15)19-12-18-14-24(9-10-26(18)23-19)13-16-11-17-6-2-3-8-25(17)22-16/h4-5,7,11-12H,2-3,6,8-10,13-14H2,1H3. The number of nitrogens with zero attached hydrogens (tertiary/aromatic N) is 6. The van der Waals surface area contributed by atoms with Crippen molar-refractivity contribution in [3.63, 3.8) is 0 Å². The number of aromatic nitrogens is 5. The maximum absolute atomic E-state index is 4.81. The van der Waals surface area contributed by atoms with E-state index in [1.807, 2.05) is 12.3 Å². The summed E-state index contributed by atoms with van der Waals surface area (Å²) in [5.74, 6) is 0. The molecule has 5 heterocycles. The summed E-state index contributed by atoms with van der Waals surface area (Å²) in [4.78, 5) is 6.99. The lowest BCUT2D eigenvalue weighted by Gasteiger charge is -2.26. The first-order chi connectivity index (χ1) is 12.8. The molecule has 0 N–H and O–H groups in total. The molecule has 0 aliphatic carbocycles. The van der Waals surface area contributed by atoms with Crippen LogP contribution in [0.3, 0.4) is 0 Å².